The minimum atomic E-state index is -0.232. The van der Waals surface area contributed by atoms with Crippen LogP contribution in [0.1, 0.15) is 28.4 Å². The number of halogens is 1. The van der Waals surface area contributed by atoms with E-state index in [4.69, 9.17) is 4.74 Å². The molecule has 0 bridgehead atoms. The number of amides is 1. The van der Waals surface area contributed by atoms with Crippen molar-refractivity contribution >= 4 is 17.6 Å². The van der Waals surface area contributed by atoms with Crippen LogP contribution in [0.25, 0.3) is 0 Å². The van der Waals surface area contributed by atoms with E-state index in [2.05, 4.69) is 15.6 Å². The van der Waals surface area contributed by atoms with E-state index in [1.54, 1.807) is 25.1 Å². The van der Waals surface area contributed by atoms with Crippen LogP contribution in [-0.4, -0.2) is 63.7 Å². The molecule has 8 heteroatoms. The number of rotatable bonds is 7. The number of nitrogens with zero attached hydrogens (tertiary/aromatic N) is 3. The van der Waals surface area contributed by atoms with Crippen LogP contribution >= 0.6 is 0 Å². The molecule has 1 aliphatic heterocycles. The SMILES string of the molecule is CCNC(=NCc1ccc(N2CCOCC2)c(F)c1)NCc1ccc(C(=O)N(C)C)cc1. The molecule has 2 aromatic rings. The first kappa shape index (κ1) is 23.5. The molecule has 3 rings (SSSR count). The number of aliphatic imine (C=N–C) groups is 1. The van der Waals surface area contributed by atoms with Crippen molar-refractivity contribution in [3.63, 3.8) is 0 Å². The fourth-order valence-electron chi connectivity index (χ4n) is 3.43. The molecule has 1 heterocycles. The minimum Gasteiger partial charge on any atom is -0.378 e. The summed E-state index contributed by atoms with van der Waals surface area (Å²) in [6.07, 6.45) is 0. The summed E-state index contributed by atoms with van der Waals surface area (Å²) in [4.78, 5) is 20.2. The molecule has 0 saturated carbocycles. The molecule has 0 aromatic heterocycles. The Kier molecular flexibility index (Phi) is 8.44. The van der Waals surface area contributed by atoms with Gasteiger partial charge in [0.05, 0.1) is 25.4 Å². The second-order valence-electron chi connectivity index (χ2n) is 7.83. The van der Waals surface area contributed by atoms with E-state index in [0.717, 1.165) is 11.1 Å². The third kappa shape index (κ3) is 6.43. The van der Waals surface area contributed by atoms with Gasteiger partial charge in [0.2, 0.25) is 0 Å². The number of hydrogen-bond acceptors (Lipinski definition) is 4. The third-order valence-corrected chi connectivity index (χ3v) is 5.19. The number of guanidine groups is 1. The average Bonchev–Trinajstić information content (AvgIpc) is 2.81. The zero-order valence-electron chi connectivity index (χ0n) is 19.0. The Labute approximate surface area is 189 Å². The van der Waals surface area contributed by atoms with Crippen molar-refractivity contribution < 1.29 is 13.9 Å². The van der Waals surface area contributed by atoms with Gasteiger partial charge in [-0.1, -0.05) is 18.2 Å². The van der Waals surface area contributed by atoms with E-state index in [1.807, 2.05) is 48.2 Å². The monoisotopic (exact) mass is 441 g/mol. The molecule has 7 nitrogen and oxygen atoms in total. The molecular formula is C24H32FN5O2. The Morgan fingerprint density at radius 3 is 2.41 bits per heavy atom. The smallest absolute Gasteiger partial charge is 0.253 e. The quantitative estimate of drug-likeness (QED) is 0.511. The molecule has 2 aromatic carbocycles. The van der Waals surface area contributed by atoms with Gasteiger partial charge in [0.1, 0.15) is 5.82 Å². The fraction of sp³-hybridized carbons (Fsp3) is 0.417. The van der Waals surface area contributed by atoms with E-state index in [1.165, 1.54) is 0 Å². The van der Waals surface area contributed by atoms with Crippen molar-refractivity contribution in [3.05, 3.63) is 65.0 Å². The van der Waals surface area contributed by atoms with Crippen LogP contribution in [0.4, 0.5) is 10.1 Å². The lowest BCUT2D eigenvalue weighted by Gasteiger charge is -2.29. The first-order chi connectivity index (χ1) is 15.5. The van der Waals surface area contributed by atoms with Crippen molar-refractivity contribution in [2.45, 2.75) is 20.0 Å². The van der Waals surface area contributed by atoms with Crippen LogP contribution in [0.3, 0.4) is 0 Å². The Morgan fingerprint density at radius 2 is 1.78 bits per heavy atom. The van der Waals surface area contributed by atoms with Crippen molar-refractivity contribution in [1.82, 2.24) is 15.5 Å². The normalized spacial score (nSPS) is 14.2. The maximum absolute atomic E-state index is 14.6. The number of morpholine rings is 1. The lowest BCUT2D eigenvalue weighted by molar-refractivity contribution is 0.0827. The Bertz CT molecular complexity index is 924. The minimum absolute atomic E-state index is 0.0220. The van der Waals surface area contributed by atoms with E-state index in [-0.39, 0.29) is 11.7 Å². The van der Waals surface area contributed by atoms with Gasteiger partial charge < -0.3 is 25.2 Å². The Morgan fingerprint density at radius 1 is 1.09 bits per heavy atom. The number of carbonyl (C=O) groups is 1. The first-order valence-electron chi connectivity index (χ1n) is 10.9. The summed E-state index contributed by atoms with van der Waals surface area (Å²) < 4.78 is 20.0. The van der Waals surface area contributed by atoms with Gasteiger partial charge in [0, 0.05) is 45.8 Å². The Hall–Kier alpha value is -3.13. The van der Waals surface area contributed by atoms with Gasteiger partial charge in [-0.05, 0) is 42.3 Å². The van der Waals surface area contributed by atoms with Crippen LogP contribution < -0.4 is 15.5 Å². The lowest BCUT2D eigenvalue weighted by atomic mass is 10.1. The van der Waals surface area contributed by atoms with Crippen LogP contribution in [0.5, 0.6) is 0 Å². The molecule has 0 atom stereocenters. The number of nitrogens with one attached hydrogen (secondary N) is 2. The van der Waals surface area contributed by atoms with Gasteiger partial charge in [-0.25, -0.2) is 9.38 Å². The molecule has 172 valence electrons. The van der Waals surface area contributed by atoms with E-state index >= 15 is 0 Å². The van der Waals surface area contributed by atoms with Gasteiger partial charge >= 0.3 is 0 Å². The number of hydrogen-bond donors (Lipinski definition) is 2. The average molecular weight is 442 g/mol. The highest BCUT2D eigenvalue weighted by molar-refractivity contribution is 5.93. The second kappa shape index (κ2) is 11.5. The predicted molar refractivity (Wildman–Crippen MR) is 126 cm³/mol. The molecule has 1 amide bonds. The number of benzene rings is 2. The van der Waals surface area contributed by atoms with Gasteiger partial charge in [0.25, 0.3) is 5.91 Å². The summed E-state index contributed by atoms with van der Waals surface area (Å²) in [6.45, 7) is 6.29. The molecule has 1 fully saturated rings. The summed E-state index contributed by atoms with van der Waals surface area (Å²) in [5, 5.41) is 6.49. The largest absolute Gasteiger partial charge is 0.378 e. The van der Waals surface area contributed by atoms with Gasteiger partial charge in [-0.15, -0.1) is 0 Å². The van der Waals surface area contributed by atoms with Gasteiger partial charge in [0.15, 0.2) is 5.96 Å². The highest BCUT2D eigenvalue weighted by Gasteiger charge is 2.15. The molecule has 0 aliphatic carbocycles. The number of carbonyl (C=O) groups excluding carboxylic acids is 1. The molecule has 0 unspecified atom stereocenters. The number of ether oxygens (including phenoxy) is 1. The molecule has 1 aliphatic rings. The standard InChI is InChI=1S/C24H32FN5O2/c1-4-26-24(27-16-18-5-8-20(9-6-18)23(31)29(2)3)28-17-19-7-10-22(21(25)15-19)30-11-13-32-14-12-30/h5-10,15H,4,11-14,16-17H2,1-3H3,(H2,26,27,28). The van der Waals surface area contributed by atoms with Crippen molar-refractivity contribution in [1.29, 1.82) is 0 Å². The maximum atomic E-state index is 14.6. The highest BCUT2D eigenvalue weighted by Crippen LogP contribution is 2.22. The van der Waals surface area contributed by atoms with E-state index in [9.17, 15) is 9.18 Å². The molecular weight excluding hydrogens is 409 g/mol. The topological polar surface area (TPSA) is 69.2 Å². The highest BCUT2D eigenvalue weighted by atomic mass is 19.1. The predicted octanol–water partition coefficient (Wildman–Crippen LogP) is 2.62. The fourth-order valence-corrected chi connectivity index (χ4v) is 3.43. The van der Waals surface area contributed by atoms with Crippen LogP contribution in [0.2, 0.25) is 0 Å². The van der Waals surface area contributed by atoms with E-state index < -0.39 is 0 Å². The van der Waals surface area contributed by atoms with Crippen molar-refractivity contribution in [2.75, 3.05) is 51.8 Å². The molecule has 0 spiro atoms. The van der Waals surface area contributed by atoms with Crippen molar-refractivity contribution in [2.24, 2.45) is 4.99 Å². The third-order valence-electron chi connectivity index (χ3n) is 5.19. The number of anilines is 1. The van der Waals surface area contributed by atoms with Crippen molar-refractivity contribution in [3.8, 4) is 0 Å². The summed E-state index contributed by atoms with van der Waals surface area (Å²) in [7, 11) is 3.47. The lowest BCUT2D eigenvalue weighted by Crippen LogP contribution is -2.37. The summed E-state index contributed by atoms with van der Waals surface area (Å²) in [5.41, 5.74) is 3.11. The first-order valence-corrected chi connectivity index (χ1v) is 10.9. The molecule has 32 heavy (non-hydrogen) atoms. The Balaban J connectivity index is 1.60. The molecule has 0 radical (unpaired) electrons. The van der Waals surface area contributed by atoms with Crippen LogP contribution in [-0.2, 0) is 17.8 Å². The van der Waals surface area contributed by atoms with Crippen LogP contribution in [0.15, 0.2) is 47.5 Å². The summed E-state index contributed by atoms with van der Waals surface area (Å²) in [5.74, 6) is 0.398. The summed E-state index contributed by atoms with van der Waals surface area (Å²) >= 11 is 0. The van der Waals surface area contributed by atoms with E-state index in [0.29, 0.717) is 63.1 Å². The molecule has 1 saturated heterocycles. The van der Waals surface area contributed by atoms with Crippen LogP contribution in [0, 0.1) is 5.82 Å². The zero-order chi connectivity index (χ0) is 22.9. The maximum Gasteiger partial charge on any atom is 0.253 e. The van der Waals surface area contributed by atoms with Gasteiger partial charge in [-0.2, -0.15) is 0 Å². The molecule has 2 N–H and O–H groups in total. The van der Waals surface area contributed by atoms with Gasteiger partial charge in [-0.3, -0.25) is 4.79 Å². The second-order valence-corrected chi connectivity index (χ2v) is 7.83. The zero-order valence-corrected chi connectivity index (χ0v) is 19.0. The summed E-state index contributed by atoms with van der Waals surface area (Å²) in [6, 6.07) is 12.8.